The molecule has 0 spiro atoms. The molecule has 0 radical (unpaired) electrons. The summed E-state index contributed by atoms with van der Waals surface area (Å²) in [4.78, 5) is 22.3. The van der Waals surface area contributed by atoms with Gasteiger partial charge in [0.2, 0.25) is 5.88 Å². The van der Waals surface area contributed by atoms with Gasteiger partial charge in [-0.3, -0.25) is 10.3 Å². The Morgan fingerprint density at radius 3 is 2.91 bits per heavy atom. The Labute approximate surface area is 135 Å². The second kappa shape index (κ2) is 7.10. The van der Waals surface area contributed by atoms with E-state index in [1.54, 1.807) is 12.0 Å². The number of methoxy groups -OCH3 is 1. The minimum atomic E-state index is -0.662. The molecule has 1 fully saturated rings. The number of nitrogens with one attached hydrogen (secondary N) is 1. The zero-order chi connectivity index (χ0) is 17.0. The molecular weight excluding hydrogens is 300 g/mol. The summed E-state index contributed by atoms with van der Waals surface area (Å²) in [6.07, 6.45) is 3.39. The zero-order valence-corrected chi connectivity index (χ0v) is 13.9. The smallest absolute Gasteiger partial charge is 0.323 e. The lowest BCUT2D eigenvalue weighted by molar-refractivity contribution is 0.0985. The molecule has 128 valence electrons. The highest BCUT2D eigenvalue weighted by Gasteiger charge is 2.44. The van der Waals surface area contributed by atoms with E-state index >= 15 is 0 Å². The first-order valence-corrected chi connectivity index (χ1v) is 7.59. The third-order valence-corrected chi connectivity index (χ3v) is 3.83. The number of anilines is 1. The zero-order valence-electron chi connectivity index (χ0n) is 13.9. The maximum Gasteiger partial charge on any atom is 0.323 e. The van der Waals surface area contributed by atoms with E-state index in [9.17, 15) is 9.90 Å². The molecule has 0 bridgehead atoms. The van der Waals surface area contributed by atoms with Crippen molar-refractivity contribution in [1.29, 1.82) is 0 Å². The normalized spacial score (nSPS) is 24.1. The predicted octanol–water partition coefficient (Wildman–Crippen LogP) is 1.27. The quantitative estimate of drug-likeness (QED) is 0.846. The van der Waals surface area contributed by atoms with Crippen molar-refractivity contribution in [2.75, 3.05) is 25.6 Å². The van der Waals surface area contributed by atoms with Crippen molar-refractivity contribution in [3.05, 3.63) is 12.4 Å². The maximum absolute atomic E-state index is 12.5. The molecule has 2 amide bonds. The highest BCUT2D eigenvalue weighted by molar-refractivity contribution is 5.89. The molecule has 1 saturated heterocycles. The van der Waals surface area contributed by atoms with Gasteiger partial charge in [0.25, 0.3) is 0 Å². The van der Waals surface area contributed by atoms with E-state index in [0.29, 0.717) is 24.7 Å². The summed E-state index contributed by atoms with van der Waals surface area (Å²) in [5, 5.41) is 12.3. The molecule has 8 heteroatoms. The number of carbonyl (C=O) groups excluding carboxylic acids is 1. The largest absolute Gasteiger partial charge is 0.474 e. The van der Waals surface area contributed by atoms with Crippen molar-refractivity contribution in [2.45, 2.75) is 44.9 Å². The summed E-state index contributed by atoms with van der Waals surface area (Å²) < 4.78 is 10.8. The molecule has 8 nitrogen and oxygen atoms in total. The lowest BCUT2D eigenvalue weighted by Crippen LogP contribution is -2.49. The second-order valence-electron chi connectivity index (χ2n) is 6.17. The van der Waals surface area contributed by atoms with Crippen LogP contribution in [0, 0.1) is 0 Å². The molecule has 23 heavy (non-hydrogen) atoms. The molecule has 0 saturated carbocycles. The van der Waals surface area contributed by atoms with Crippen LogP contribution in [0.25, 0.3) is 0 Å². The molecule has 2 N–H and O–H groups in total. The third-order valence-electron chi connectivity index (χ3n) is 3.83. The number of hydrogen-bond acceptors (Lipinski definition) is 6. The van der Waals surface area contributed by atoms with Gasteiger partial charge in [-0.2, -0.15) is 4.98 Å². The van der Waals surface area contributed by atoms with Crippen molar-refractivity contribution in [3.63, 3.8) is 0 Å². The standard InChI is InChI=1S/C15H24N4O4/c1-10(2)23-13-7-16-6-12(17-13)18-14(21)19-8-11(22-4)5-15(19,3)9-20/h6-7,10-11,20H,5,8-9H2,1-4H3,(H,17,18,21). The average molecular weight is 324 g/mol. The number of aliphatic hydroxyl groups excluding tert-OH is 1. The molecule has 0 aromatic carbocycles. The second-order valence-corrected chi connectivity index (χ2v) is 6.17. The number of aliphatic hydroxyl groups is 1. The number of carbonyl (C=O) groups is 1. The van der Waals surface area contributed by atoms with Crippen LogP contribution in [-0.2, 0) is 4.74 Å². The van der Waals surface area contributed by atoms with Crippen molar-refractivity contribution >= 4 is 11.8 Å². The Morgan fingerprint density at radius 1 is 1.57 bits per heavy atom. The Balaban J connectivity index is 2.09. The molecule has 1 aromatic heterocycles. The molecule has 1 aliphatic heterocycles. The number of rotatable bonds is 5. The fourth-order valence-corrected chi connectivity index (χ4v) is 2.61. The molecule has 1 aliphatic rings. The number of aromatic nitrogens is 2. The summed E-state index contributed by atoms with van der Waals surface area (Å²) in [6.45, 7) is 5.87. The summed E-state index contributed by atoms with van der Waals surface area (Å²) in [7, 11) is 1.60. The Bertz CT molecular complexity index is 554. The molecule has 2 atom stereocenters. The van der Waals surface area contributed by atoms with Crippen LogP contribution in [0.5, 0.6) is 5.88 Å². The molecule has 0 aliphatic carbocycles. The topological polar surface area (TPSA) is 96.8 Å². The van der Waals surface area contributed by atoms with Gasteiger partial charge in [-0.1, -0.05) is 0 Å². The Kier molecular flexibility index (Phi) is 5.38. The van der Waals surface area contributed by atoms with Gasteiger partial charge < -0.3 is 19.5 Å². The lowest BCUT2D eigenvalue weighted by Gasteiger charge is -2.32. The van der Waals surface area contributed by atoms with Gasteiger partial charge in [0.05, 0.1) is 36.7 Å². The third kappa shape index (κ3) is 4.08. The fourth-order valence-electron chi connectivity index (χ4n) is 2.61. The highest BCUT2D eigenvalue weighted by atomic mass is 16.5. The van der Waals surface area contributed by atoms with Gasteiger partial charge in [-0.05, 0) is 20.8 Å². The first kappa shape index (κ1) is 17.4. The van der Waals surface area contributed by atoms with Gasteiger partial charge in [-0.15, -0.1) is 0 Å². The van der Waals surface area contributed by atoms with Gasteiger partial charge in [0.1, 0.15) is 0 Å². The minimum absolute atomic E-state index is 0.0334. The predicted molar refractivity (Wildman–Crippen MR) is 84.4 cm³/mol. The average Bonchev–Trinajstić information content (AvgIpc) is 2.85. The van der Waals surface area contributed by atoms with Crippen molar-refractivity contribution in [2.24, 2.45) is 0 Å². The van der Waals surface area contributed by atoms with Crippen molar-refractivity contribution in [3.8, 4) is 5.88 Å². The summed E-state index contributed by atoms with van der Waals surface area (Å²) in [5.74, 6) is 0.646. The summed E-state index contributed by atoms with van der Waals surface area (Å²) in [5.41, 5.74) is -0.662. The summed E-state index contributed by atoms with van der Waals surface area (Å²) >= 11 is 0. The molecule has 1 aromatic rings. The molecule has 2 unspecified atom stereocenters. The SMILES string of the molecule is COC1CN(C(=O)Nc2cncc(OC(C)C)n2)C(C)(CO)C1. The number of ether oxygens (including phenoxy) is 2. The van der Waals surface area contributed by atoms with Crippen LogP contribution < -0.4 is 10.1 Å². The van der Waals surface area contributed by atoms with Crippen LogP contribution in [0.4, 0.5) is 10.6 Å². The fraction of sp³-hybridized carbons (Fsp3) is 0.667. The van der Waals surface area contributed by atoms with Crippen LogP contribution in [0.3, 0.4) is 0 Å². The van der Waals surface area contributed by atoms with Crippen LogP contribution in [0.1, 0.15) is 27.2 Å². The molecule has 2 heterocycles. The van der Waals surface area contributed by atoms with Crippen LogP contribution in [-0.4, -0.2) is 64.0 Å². The minimum Gasteiger partial charge on any atom is -0.474 e. The number of hydrogen-bond donors (Lipinski definition) is 2. The van der Waals surface area contributed by atoms with Gasteiger partial charge in [-0.25, -0.2) is 4.79 Å². The van der Waals surface area contributed by atoms with Crippen molar-refractivity contribution < 1.29 is 19.4 Å². The van der Waals surface area contributed by atoms with E-state index in [0.717, 1.165) is 0 Å². The number of urea groups is 1. The van der Waals surface area contributed by atoms with E-state index in [2.05, 4.69) is 15.3 Å². The first-order valence-electron chi connectivity index (χ1n) is 7.59. The number of likely N-dealkylation sites (tertiary alicyclic amines) is 1. The Morgan fingerprint density at radius 2 is 2.30 bits per heavy atom. The number of amides is 2. The van der Waals surface area contributed by atoms with Crippen LogP contribution >= 0.6 is 0 Å². The van der Waals surface area contributed by atoms with E-state index < -0.39 is 5.54 Å². The number of nitrogens with zero attached hydrogens (tertiary/aromatic N) is 3. The lowest BCUT2D eigenvalue weighted by atomic mass is 10.00. The van der Waals surface area contributed by atoms with Gasteiger partial charge >= 0.3 is 6.03 Å². The van der Waals surface area contributed by atoms with E-state index in [-0.39, 0.29) is 24.8 Å². The Hall–Kier alpha value is -1.93. The van der Waals surface area contributed by atoms with Crippen LogP contribution in [0.15, 0.2) is 12.4 Å². The van der Waals surface area contributed by atoms with E-state index in [1.807, 2.05) is 20.8 Å². The monoisotopic (exact) mass is 324 g/mol. The van der Waals surface area contributed by atoms with Crippen molar-refractivity contribution in [1.82, 2.24) is 14.9 Å². The van der Waals surface area contributed by atoms with Gasteiger partial charge in [0.15, 0.2) is 5.82 Å². The molecule has 2 rings (SSSR count). The molecular formula is C15H24N4O4. The maximum atomic E-state index is 12.5. The summed E-state index contributed by atoms with van der Waals surface area (Å²) in [6, 6.07) is -0.350. The first-order chi connectivity index (χ1) is 10.9. The van der Waals surface area contributed by atoms with Crippen LogP contribution in [0.2, 0.25) is 0 Å². The van der Waals surface area contributed by atoms with Gasteiger partial charge in [0, 0.05) is 20.1 Å². The van der Waals surface area contributed by atoms with E-state index in [1.165, 1.54) is 12.4 Å². The van der Waals surface area contributed by atoms with E-state index in [4.69, 9.17) is 9.47 Å². The highest BCUT2D eigenvalue weighted by Crippen LogP contribution is 2.30.